The molecule has 4 rings (SSSR count). The predicted octanol–water partition coefficient (Wildman–Crippen LogP) is 5.74. The first-order valence-corrected chi connectivity index (χ1v) is 10.6. The van der Waals surface area contributed by atoms with Crippen LogP contribution < -0.4 is 4.74 Å². The summed E-state index contributed by atoms with van der Waals surface area (Å²) < 4.78 is 41.5. The smallest absolute Gasteiger partial charge is 0.406 e. The Morgan fingerprint density at radius 2 is 1.73 bits per heavy atom. The van der Waals surface area contributed by atoms with Gasteiger partial charge in [0.2, 0.25) is 0 Å². The van der Waals surface area contributed by atoms with E-state index in [-0.39, 0.29) is 11.7 Å². The van der Waals surface area contributed by atoms with Gasteiger partial charge in [0.25, 0.3) is 0 Å². The first-order valence-electron chi connectivity index (χ1n) is 10.6. The van der Waals surface area contributed by atoms with Crippen molar-refractivity contribution < 1.29 is 22.7 Å². The third kappa shape index (κ3) is 4.89. The fourth-order valence-corrected chi connectivity index (χ4v) is 4.87. The van der Waals surface area contributed by atoms with Gasteiger partial charge in [-0.3, -0.25) is 4.90 Å². The molecule has 0 bridgehead atoms. The topological polar surface area (TPSA) is 34.1 Å². The average Bonchev–Trinajstić information content (AvgIpc) is 3.26. The molecule has 30 heavy (non-hydrogen) atoms. The van der Waals surface area contributed by atoms with Crippen molar-refractivity contribution in [3.05, 3.63) is 42.0 Å². The van der Waals surface area contributed by atoms with Gasteiger partial charge in [0.15, 0.2) is 0 Å². The second-order valence-electron chi connectivity index (χ2n) is 8.20. The molecule has 2 fully saturated rings. The van der Waals surface area contributed by atoms with E-state index in [9.17, 15) is 13.2 Å². The molecule has 162 valence electrons. The van der Waals surface area contributed by atoms with Crippen molar-refractivity contribution in [3.63, 3.8) is 0 Å². The Labute approximate surface area is 174 Å². The molecule has 0 amide bonds. The third-order valence-electron chi connectivity index (χ3n) is 6.21. The maximum absolute atomic E-state index is 12.5. The Kier molecular flexibility index (Phi) is 6.18. The summed E-state index contributed by atoms with van der Waals surface area (Å²) in [6.45, 7) is 2.12. The number of fused-ring (bicyclic) bond motifs is 1. The number of likely N-dealkylation sites (tertiary alicyclic amines) is 1. The molecular weight excluding hydrogens is 393 g/mol. The minimum atomic E-state index is -4.70. The van der Waals surface area contributed by atoms with E-state index in [2.05, 4.69) is 14.8 Å². The number of piperidine rings is 1. The second kappa shape index (κ2) is 8.84. The van der Waals surface area contributed by atoms with E-state index in [1.165, 1.54) is 37.8 Å². The van der Waals surface area contributed by atoms with Crippen LogP contribution in [0, 0.1) is 5.92 Å². The lowest BCUT2D eigenvalue weighted by molar-refractivity contribution is -0.274. The summed E-state index contributed by atoms with van der Waals surface area (Å²) in [4.78, 5) is 7.79. The molecule has 1 atom stereocenters. The van der Waals surface area contributed by atoms with E-state index in [4.69, 9.17) is 4.84 Å². The van der Waals surface area contributed by atoms with Crippen LogP contribution in [0.5, 0.6) is 5.75 Å². The summed E-state index contributed by atoms with van der Waals surface area (Å²) in [6.07, 6.45) is 2.68. The number of hydrogen-bond donors (Lipinski definition) is 0. The fraction of sp³-hybridized carbons (Fsp3) is 0.522. The number of oxime groups is 1. The molecule has 0 radical (unpaired) electrons. The molecule has 1 aliphatic carbocycles. The molecule has 2 aromatic rings. The summed E-state index contributed by atoms with van der Waals surface area (Å²) in [7, 11) is 1.55. The highest BCUT2D eigenvalue weighted by molar-refractivity contribution is 6.04. The van der Waals surface area contributed by atoms with Crippen molar-refractivity contribution in [1.82, 2.24) is 4.90 Å². The largest absolute Gasteiger partial charge is 0.573 e. The Morgan fingerprint density at radius 3 is 2.47 bits per heavy atom. The normalized spacial score (nSPS) is 21.9. The van der Waals surface area contributed by atoms with E-state index in [1.807, 2.05) is 18.2 Å². The summed E-state index contributed by atoms with van der Waals surface area (Å²) >= 11 is 0. The summed E-state index contributed by atoms with van der Waals surface area (Å²) in [5.74, 6) is 0.0672. The maximum atomic E-state index is 12.5. The van der Waals surface area contributed by atoms with E-state index in [0.29, 0.717) is 11.4 Å². The van der Waals surface area contributed by atoms with Gasteiger partial charge in [-0.05, 0) is 61.2 Å². The SMILES string of the molecule is CO/N=C(/c1ccc2cc(OC(F)(F)F)ccc2c1)C1CCCN(C2CCCC2)C1. The van der Waals surface area contributed by atoms with Crippen LogP contribution in [0.2, 0.25) is 0 Å². The van der Waals surface area contributed by atoms with Crippen LogP contribution in [0.4, 0.5) is 13.2 Å². The molecular formula is C23H27F3N2O2. The minimum absolute atomic E-state index is 0.215. The monoisotopic (exact) mass is 420 g/mol. The Hall–Kier alpha value is -2.28. The number of ether oxygens (including phenoxy) is 1. The first kappa shape index (κ1) is 21.0. The summed E-state index contributed by atoms with van der Waals surface area (Å²) in [5, 5.41) is 5.90. The van der Waals surface area contributed by atoms with Crippen molar-refractivity contribution >= 4 is 16.5 Å². The van der Waals surface area contributed by atoms with Gasteiger partial charge < -0.3 is 9.57 Å². The van der Waals surface area contributed by atoms with Crippen LogP contribution >= 0.6 is 0 Å². The number of benzene rings is 2. The molecule has 1 unspecified atom stereocenters. The van der Waals surface area contributed by atoms with Crippen LogP contribution in [0.1, 0.15) is 44.1 Å². The molecule has 0 spiro atoms. The highest BCUT2D eigenvalue weighted by Crippen LogP contribution is 2.31. The molecule has 2 aliphatic rings. The van der Waals surface area contributed by atoms with Crippen molar-refractivity contribution in [1.29, 1.82) is 0 Å². The molecule has 1 heterocycles. The van der Waals surface area contributed by atoms with Crippen LogP contribution in [-0.2, 0) is 4.84 Å². The van der Waals surface area contributed by atoms with Crippen molar-refractivity contribution in [2.45, 2.75) is 50.9 Å². The van der Waals surface area contributed by atoms with Gasteiger partial charge in [0.1, 0.15) is 12.9 Å². The Bertz CT molecular complexity index is 907. The molecule has 1 saturated carbocycles. The van der Waals surface area contributed by atoms with Crippen LogP contribution in [0.15, 0.2) is 41.6 Å². The Balaban J connectivity index is 1.57. The van der Waals surface area contributed by atoms with Gasteiger partial charge >= 0.3 is 6.36 Å². The van der Waals surface area contributed by atoms with Gasteiger partial charge in [-0.2, -0.15) is 0 Å². The molecule has 1 aliphatic heterocycles. The molecule has 1 saturated heterocycles. The number of halogens is 3. The van der Waals surface area contributed by atoms with E-state index in [1.54, 1.807) is 13.2 Å². The van der Waals surface area contributed by atoms with Crippen LogP contribution in [0.3, 0.4) is 0 Å². The number of hydrogen-bond acceptors (Lipinski definition) is 4. The highest BCUT2D eigenvalue weighted by Gasteiger charge is 2.32. The number of nitrogens with zero attached hydrogens (tertiary/aromatic N) is 2. The van der Waals surface area contributed by atoms with Crippen LogP contribution in [0.25, 0.3) is 10.8 Å². The van der Waals surface area contributed by atoms with Gasteiger partial charge in [0.05, 0.1) is 5.71 Å². The van der Waals surface area contributed by atoms with Crippen molar-refractivity contribution in [3.8, 4) is 5.75 Å². The van der Waals surface area contributed by atoms with Gasteiger partial charge in [-0.25, -0.2) is 0 Å². The molecule has 4 nitrogen and oxygen atoms in total. The molecule has 7 heteroatoms. The first-order chi connectivity index (χ1) is 14.4. The van der Waals surface area contributed by atoms with Crippen molar-refractivity contribution in [2.24, 2.45) is 11.1 Å². The zero-order valence-corrected chi connectivity index (χ0v) is 17.1. The van der Waals surface area contributed by atoms with Crippen molar-refractivity contribution in [2.75, 3.05) is 20.2 Å². The molecule has 0 aromatic heterocycles. The predicted molar refractivity (Wildman–Crippen MR) is 111 cm³/mol. The van der Waals surface area contributed by atoms with Gasteiger partial charge in [-0.15, -0.1) is 13.2 Å². The standard InChI is InChI=1S/C23H27F3N2O2/c1-29-27-22(19-5-4-12-28(15-19)20-6-2-3-7-20)18-9-8-17-14-21(30-23(24,25)26)11-10-16(17)13-18/h8-11,13-14,19-20H,2-7,12,15H2,1H3/b27-22-. The highest BCUT2D eigenvalue weighted by atomic mass is 19.4. The Morgan fingerprint density at radius 1 is 1.00 bits per heavy atom. The van der Waals surface area contributed by atoms with E-state index < -0.39 is 6.36 Å². The molecule has 0 N–H and O–H groups in total. The lowest BCUT2D eigenvalue weighted by Crippen LogP contribution is -2.43. The second-order valence-corrected chi connectivity index (χ2v) is 8.20. The minimum Gasteiger partial charge on any atom is -0.406 e. The summed E-state index contributed by atoms with van der Waals surface area (Å²) in [6, 6.07) is 10.8. The summed E-state index contributed by atoms with van der Waals surface area (Å²) in [5.41, 5.74) is 1.87. The lowest BCUT2D eigenvalue weighted by Gasteiger charge is -2.37. The maximum Gasteiger partial charge on any atom is 0.573 e. The fourth-order valence-electron chi connectivity index (χ4n) is 4.87. The van der Waals surface area contributed by atoms with Crippen LogP contribution in [-0.4, -0.2) is 43.2 Å². The van der Waals surface area contributed by atoms with Gasteiger partial charge in [-0.1, -0.05) is 36.2 Å². The average molecular weight is 420 g/mol. The third-order valence-corrected chi connectivity index (χ3v) is 6.21. The van der Waals surface area contributed by atoms with E-state index >= 15 is 0 Å². The quantitative estimate of drug-likeness (QED) is 0.457. The number of rotatable bonds is 5. The van der Waals surface area contributed by atoms with Gasteiger partial charge in [0, 0.05) is 24.1 Å². The lowest BCUT2D eigenvalue weighted by atomic mass is 9.87. The molecule has 2 aromatic carbocycles. The zero-order chi connectivity index (χ0) is 21.1. The van der Waals surface area contributed by atoms with E-state index in [0.717, 1.165) is 42.6 Å². The number of alkyl halides is 3. The zero-order valence-electron chi connectivity index (χ0n) is 17.1.